The molecule has 0 saturated heterocycles. The smallest absolute Gasteiger partial charge is 0.292 e. The molecule has 6 nitrogen and oxygen atoms in total. The number of aromatic nitrogens is 2. The standard InChI is InChI=1S/C24H20Cl2FN3O3/c1-14-4-3-5-19(25)23(14)32-13-18-8-9-21(33-18)24(31)28-22-10-15(2)30(29-22)12-16-6-7-17(27)11-20(16)26/h3-11H,12-13H2,1-2H3,(H,28,29,31). The topological polar surface area (TPSA) is 69.3 Å². The monoisotopic (exact) mass is 487 g/mol. The van der Waals surface area contributed by atoms with Crippen LogP contribution >= 0.6 is 23.2 Å². The van der Waals surface area contributed by atoms with E-state index in [4.69, 9.17) is 32.4 Å². The summed E-state index contributed by atoms with van der Waals surface area (Å²) >= 11 is 12.3. The van der Waals surface area contributed by atoms with Crippen LogP contribution < -0.4 is 10.1 Å². The van der Waals surface area contributed by atoms with E-state index in [9.17, 15) is 9.18 Å². The second-order valence-electron chi connectivity index (χ2n) is 7.46. The van der Waals surface area contributed by atoms with E-state index in [1.54, 1.807) is 35.0 Å². The van der Waals surface area contributed by atoms with E-state index in [0.29, 0.717) is 39.5 Å². The summed E-state index contributed by atoms with van der Waals surface area (Å²) in [4.78, 5) is 12.6. The molecule has 1 amide bonds. The van der Waals surface area contributed by atoms with Crippen LogP contribution in [0.3, 0.4) is 0 Å². The van der Waals surface area contributed by atoms with Crippen molar-refractivity contribution in [1.29, 1.82) is 0 Å². The fraction of sp³-hybridized carbons (Fsp3) is 0.167. The fourth-order valence-electron chi connectivity index (χ4n) is 3.24. The number of furan rings is 1. The van der Waals surface area contributed by atoms with Gasteiger partial charge < -0.3 is 14.5 Å². The Bertz CT molecular complexity index is 1300. The average Bonchev–Trinajstić information content (AvgIpc) is 3.36. The van der Waals surface area contributed by atoms with Crippen molar-refractivity contribution in [1.82, 2.24) is 9.78 Å². The zero-order chi connectivity index (χ0) is 23.5. The van der Waals surface area contributed by atoms with Gasteiger partial charge in [0.1, 0.15) is 23.9 Å². The number of rotatable bonds is 7. The van der Waals surface area contributed by atoms with Crippen LogP contribution in [-0.4, -0.2) is 15.7 Å². The number of halogens is 3. The van der Waals surface area contributed by atoms with E-state index in [1.165, 1.54) is 12.1 Å². The van der Waals surface area contributed by atoms with Gasteiger partial charge in [-0.05, 0) is 55.3 Å². The zero-order valence-corrected chi connectivity index (χ0v) is 19.4. The highest BCUT2D eigenvalue weighted by atomic mass is 35.5. The predicted octanol–water partition coefficient (Wildman–Crippen LogP) is 6.42. The van der Waals surface area contributed by atoms with Crippen molar-refractivity contribution in [3.05, 3.63) is 98.8 Å². The molecule has 0 aliphatic rings. The SMILES string of the molecule is Cc1cccc(Cl)c1OCc1ccc(C(=O)Nc2cc(C)n(Cc3ccc(F)cc3Cl)n2)o1. The molecule has 0 saturated carbocycles. The lowest BCUT2D eigenvalue weighted by Crippen LogP contribution is -2.12. The first kappa shape index (κ1) is 22.9. The van der Waals surface area contributed by atoms with Crippen molar-refractivity contribution < 1.29 is 18.3 Å². The number of para-hydroxylation sites is 1. The third kappa shape index (κ3) is 5.38. The molecule has 2 aromatic carbocycles. The molecule has 33 heavy (non-hydrogen) atoms. The molecular formula is C24H20Cl2FN3O3. The van der Waals surface area contributed by atoms with Gasteiger partial charge in [0.2, 0.25) is 0 Å². The van der Waals surface area contributed by atoms with Crippen LogP contribution in [0, 0.1) is 19.7 Å². The molecule has 0 unspecified atom stereocenters. The summed E-state index contributed by atoms with van der Waals surface area (Å²) in [6.07, 6.45) is 0. The largest absolute Gasteiger partial charge is 0.484 e. The lowest BCUT2D eigenvalue weighted by molar-refractivity contribution is 0.0992. The summed E-state index contributed by atoms with van der Waals surface area (Å²) in [6, 6.07) is 14.6. The number of amides is 1. The van der Waals surface area contributed by atoms with Crippen LogP contribution in [0.15, 0.2) is 59.0 Å². The Morgan fingerprint density at radius 2 is 1.94 bits per heavy atom. The lowest BCUT2D eigenvalue weighted by Gasteiger charge is -2.09. The molecule has 1 N–H and O–H groups in total. The van der Waals surface area contributed by atoms with E-state index < -0.39 is 11.7 Å². The number of hydrogen-bond donors (Lipinski definition) is 1. The molecule has 0 radical (unpaired) electrons. The number of anilines is 1. The molecule has 9 heteroatoms. The van der Waals surface area contributed by atoms with Crippen molar-refractivity contribution in [2.45, 2.75) is 27.0 Å². The molecule has 0 aliphatic heterocycles. The Hall–Kier alpha value is -3.29. The molecule has 2 aromatic heterocycles. The molecule has 2 heterocycles. The summed E-state index contributed by atoms with van der Waals surface area (Å²) in [5.74, 6) is 0.685. The van der Waals surface area contributed by atoms with Gasteiger partial charge in [0.15, 0.2) is 11.6 Å². The number of carbonyl (C=O) groups is 1. The minimum atomic E-state index is -0.445. The average molecular weight is 488 g/mol. The van der Waals surface area contributed by atoms with Gasteiger partial charge in [-0.15, -0.1) is 0 Å². The third-order valence-corrected chi connectivity index (χ3v) is 5.62. The van der Waals surface area contributed by atoms with Gasteiger partial charge in [-0.1, -0.05) is 41.4 Å². The summed E-state index contributed by atoms with van der Waals surface area (Å²) in [5, 5.41) is 7.92. The third-order valence-electron chi connectivity index (χ3n) is 4.97. The number of benzene rings is 2. The van der Waals surface area contributed by atoms with Gasteiger partial charge in [0.25, 0.3) is 5.91 Å². The number of aryl methyl sites for hydroxylation is 2. The van der Waals surface area contributed by atoms with Crippen molar-refractivity contribution in [3.8, 4) is 5.75 Å². The van der Waals surface area contributed by atoms with Crippen LogP contribution in [0.4, 0.5) is 10.2 Å². The highest BCUT2D eigenvalue weighted by Crippen LogP contribution is 2.29. The predicted molar refractivity (Wildman–Crippen MR) is 125 cm³/mol. The molecule has 170 valence electrons. The maximum absolute atomic E-state index is 13.3. The molecule has 0 spiro atoms. The van der Waals surface area contributed by atoms with Gasteiger partial charge in [-0.3, -0.25) is 9.48 Å². The van der Waals surface area contributed by atoms with Gasteiger partial charge in [-0.2, -0.15) is 5.10 Å². The number of hydrogen-bond acceptors (Lipinski definition) is 4. The van der Waals surface area contributed by atoms with Gasteiger partial charge in [0, 0.05) is 16.8 Å². The summed E-state index contributed by atoms with van der Waals surface area (Å²) in [6.45, 7) is 4.21. The first-order valence-electron chi connectivity index (χ1n) is 10.1. The Morgan fingerprint density at radius 1 is 1.12 bits per heavy atom. The summed E-state index contributed by atoms with van der Waals surface area (Å²) in [5.41, 5.74) is 2.42. The molecule has 4 aromatic rings. The van der Waals surface area contributed by atoms with Crippen LogP contribution in [0.5, 0.6) is 5.75 Å². The minimum absolute atomic E-state index is 0.123. The number of carbonyl (C=O) groups excluding carboxylic acids is 1. The van der Waals surface area contributed by atoms with Crippen molar-refractivity contribution in [3.63, 3.8) is 0 Å². The number of nitrogens with one attached hydrogen (secondary N) is 1. The van der Waals surface area contributed by atoms with Gasteiger partial charge in [0.05, 0.1) is 11.6 Å². The van der Waals surface area contributed by atoms with Crippen LogP contribution in [0.25, 0.3) is 0 Å². The molecule has 0 atom stereocenters. The van der Waals surface area contributed by atoms with E-state index in [2.05, 4.69) is 10.4 Å². The maximum Gasteiger partial charge on any atom is 0.292 e. The van der Waals surface area contributed by atoms with E-state index >= 15 is 0 Å². The Kier molecular flexibility index (Phi) is 6.72. The van der Waals surface area contributed by atoms with Crippen molar-refractivity contribution >= 4 is 34.9 Å². The number of nitrogens with zero attached hydrogens (tertiary/aromatic N) is 2. The maximum atomic E-state index is 13.3. The highest BCUT2D eigenvalue weighted by molar-refractivity contribution is 6.32. The molecule has 0 fully saturated rings. The molecular weight excluding hydrogens is 468 g/mol. The highest BCUT2D eigenvalue weighted by Gasteiger charge is 2.15. The first-order valence-corrected chi connectivity index (χ1v) is 10.8. The Balaban J connectivity index is 1.40. The van der Waals surface area contributed by atoms with E-state index in [1.807, 2.05) is 26.0 Å². The fourth-order valence-corrected chi connectivity index (χ4v) is 3.74. The van der Waals surface area contributed by atoms with Crippen molar-refractivity contribution in [2.24, 2.45) is 0 Å². The van der Waals surface area contributed by atoms with Gasteiger partial charge >= 0.3 is 0 Å². The lowest BCUT2D eigenvalue weighted by atomic mass is 10.2. The summed E-state index contributed by atoms with van der Waals surface area (Å²) in [7, 11) is 0. The summed E-state index contributed by atoms with van der Waals surface area (Å²) < 4.78 is 26.3. The van der Waals surface area contributed by atoms with E-state index in [0.717, 1.165) is 11.3 Å². The Labute approximate surface area is 199 Å². The van der Waals surface area contributed by atoms with Crippen molar-refractivity contribution in [2.75, 3.05) is 5.32 Å². The number of ether oxygens (including phenoxy) is 1. The Morgan fingerprint density at radius 3 is 2.70 bits per heavy atom. The molecule has 0 aliphatic carbocycles. The quantitative estimate of drug-likeness (QED) is 0.326. The van der Waals surface area contributed by atoms with Crippen LogP contribution in [0.2, 0.25) is 10.0 Å². The van der Waals surface area contributed by atoms with Crippen LogP contribution in [0.1, 0.15) is 33.1 Å². The van der Waals surface area contributed by atoms with E-state index in [-0.39, 0.29) is 12.4 Å². The van der Waals surface area contributed by atoms with Gasteiger partial charge in [-0.25, -0.2) is 4.39 Å². The normalized spacial score (nSPS) is 10.9. The molecule has 4 rings (SSSR count). The first-order chi connectivity index (χ1) is 15.8. The second kappa shape index (κ2) is 9.68. The van der Waals surface area contributed by atoms with Crippen LogP contribution in [-0.2, 0) is 13.2 Å². The molecule has 0 bridgehead atoms. The second-order valence-corrected chi connectivity index (χ2v) is 8.27. The minimum Gasteiger partial charge on any atom is -0.484 e. The zero-order valence-electron chi connectivity index (χ0n) is 17.9.